The zero-order valence-electron chi connectivity index (χ0n) is 10.9. The van der Waals surface area contributed by atoms with Crippen LogP contribution in [-0.2, 0) is 11.3 Å². The van der Waals surface area contributed by atoms with Crippen molar-refractivity contribution in [3.63, 3.8) is 0 Å². The van der Waals surface area contributed by atoms with Crippen molar-refractivity contribution in [2.24, 2.45) is 0 Å². The first-order chi connectivity index (χ1) is 8.15. The fourth-order valence-electron chi connectivity index (χ4n) is 1.56. The van der Waals surface area contributed by atoms with Crippen molar-refractivity contribution >= 4 is 5.91 Å². The van der Waals surface area contributed by atoms with Gasteiger partial charge in [0, 0.05) is 25.3 Å². The second kappa shape index (κ2) is 7.06. The van der Waals surface area contributed by atoms with Crippen LogP contribution in [0.2, 0.25) is 0 Å². The van der Waals surface area contributed by atoms with E-state index in [0.29, 0.717) is 19.1 Å². The number of imidazole rings is 1. The van der Waals surface area contributed by atoms with E-state index in [4.69, 9.17) is 0 Å². The first-order valence-electron chi connectivity index (χ1n) is 6.13. The molecule has 1 amide bonds. The molecule has 2 N–H and O–H groups in total. The minimum Gasteiger partial charge on any atom is -0.355 e. The molecular weight excluding hydrogens is 216 g/mol. The van der Waals surface area contributed by atoms with Crippen LogP contribution in [-0.4, -0.2) is 28.5 Å². The molecule has 5 nitrogen and oxygen atoms in total. The van der Waals surface area contributed by atoms with Gasteiger partial charge in [0.15, 0.2) is 0 Å². The zero-order chi connectivity index (χ0) is 12.7. The normalized spacial score (nSPS) is 10.8. The highest BCUT2D eigenvalue weighted by Crippen LogP contribution is 2.07. The molecule has 0 saturated carbocycles. The zero-order valence-corrected chi connectivity index (χ0v) is 10.9. The van der Waals surface area contributed by atoms with Crippen molar-refractivity contribution in [3.05, 3.63) is 18.2 Å². The number of hydrogen-bond acceptors (Lipinski definition) is 3. The van der Waals surface area contributed by atoms with Crippen molar-refractivity contribution in [1.82, 2.24) is 20.2 Å². The summed E-state index contributed by atoms with van der Waals surface area (Å²) >= 11 is 0. The van der Waals surface area contributed by atoms with Gasteiger partial charge < -0.3 is 15.2 Å². The number of rotatable bonds is 7. The van der Waals surface area contributed by atoms with E-state index in [9.17, 15) is 4.79 Å². The van der Waals surface area contributed by atoms with Crippen LogP contribution in [0.4, 0.5) is 0 Å². The summed E-state index contributed by atoms with van der Waals surface area (Å²) in [5.41, 5.74) is 1.10. The number of amides is 1. The smallest absolute Gasteiger partial charge is 0.233 e. The fourth-order valence-corrected chi connectivity index (χ4v) is 1.56. The van der Waals surface area contributed by atoms with Crippen LogP contribution >= 0.6 is 0 Å². The Morgan fingerprint density at radius 2 is 2.29 bits per heavy atom. The second-order valence-corrected chi connectivity index (χ2v) is 4.34. The van der Waals surface area contributed by atoms with E-state index in [0.717, 1.165) is 18.7 Å². The van der Waals surface area contributed by atoms with Gasteiger partial charge in [-0.25, -0.2) is 4.98 Å². The lowest BCUT2D eigenvalue weighted by atomic mass is 10.3. The third-order valence-electron chi connectivity index (χ3n) is 2.47. The molecule has 0 saturated heterocycles. The molecule has 0 unspecified atom stereocenters. The standard InChI is InChI=1S/C12H22N4O/c1-4-5-15-12(17)8-13-6-11-7-14-9-16(11)10(2)3/h7,9-10,13H,4-6,8H2,1-3H3,(H,15,17). The molecule has 0 spiro atoms. The molecule has 0 aromatic carbocycles. The van der Waals surface area contributed by atoms with Crippen LogP contribution in [0.1, 0.15) is 38.9 Å². The van der Waals surface area contributed by atoms with E-state index < -0.39 is 0 Å². The molecular formula is C12H22N4O. The Morgan fingerprint density at radius 3 is 2.94 bits per heavy atom. The van der Waals surface area contributed by atoms with Gasteiger partial charge in [-0.05, 0) is 20.3 Å². The topological polar surface area (TPSA) is 59.0 Å². The molecule has 17 heavy (non-hydrogen) atoms. The number of nitrogens with zero attached hydrogens (tertiary/aromatic N) is 2. The molecule has 0 bridgehead atoms. The van der Waals surface area contributed by atoms with E-state index in [2.05, 4.69) is 34.0 Å². The van der Waals surface area contributed by atoms with Gasteiger partial charge in [-0.1, -0.05) is 6.92 Å². The van der Waals surface area contributed by atoms with E-state index in [1.807, 2.05) is 19.4 Å². The third kappa shape index (κ3) is 4.56. The van der Waals surface area contributed by atoms with Crippen molar-refractivity contribution < 1.29 is 4.79 Å². The van der Waals surface area contributed by atoms with Gasteiger partial charge in [-0.3, -0.25) is 4.79 Å². The van der Waals surface area contributed by atoms with Crippen molar-refractivity contribution in [2.75, 3.05) is 13.1 Å². The largest absolute Gasteiger partial charge is 0.355 e. The molecule has 1 aromatic heterocycles. The Hall–Kier alpha value is -1.36. The Bertz CT molecular complexity index is 346. The number of carbonyl (C=O) groups excluding carboxylic acids is 1. The lowest BCUT2D eigenvalue weighted by Gasteiger charge is -2.12. The van der Waals surface area contributed by atoms with E-state index in [1.165, 1.54) is 0 Å². The Balaban J connectivity index is 2.30. The van der Waals surface area contributed by atoms with Crippen molar-refractivity contribution in [3.8, 4) is 0 Å². The Labute approximate surface area is 103 Å². The predicted octanol–water partition coefficient (Wildman–Crippen LogP) is 1.08. The summed E-state index contributed by atoms with van der Waals surface area (Å²) in [5, 5.41) is 5.94. The quantitative estimate of drug-likeness (QED) is 0.747. The summed E-state index contributed by atoms with van der Waals surface area (Å²) < 4.78 is 2.09. The van der Waals surface area contributed by atoms with Gasteiger partial charge in [-0.2, -0.15) is 0 Å². The molecule has 0 atom stereocenters. The molecule has 96 valence electrons. The van der Waals surface area contributed by atoms with Gasteiger partial charge in [-0.15, -0.1) is 0 Å². The first kappa shape index (κ1) is 13.7. The molecule has 1 rings (SSSR count). The first-order valence-corrected chi connectivity index (χ1v) is 6.13. The Morgan fingerprint density at radius 1 is 1.53 bits per heavy atom. The number of aromatic nitrogens is 2. The molecule has 1 aromatic rings. The number of nitrogens with one attached hydrogen (secondary N) is 2. The van der Waals surface area contributed by atoms with Gasteiger partial charge in [0.05, 0.1) is 18.6 Å². The van der Waals surface area contributed by atoms with E-state index in [-0.39, 0.29) is 5.91 Å². The highest BCUT2D eigenvalue weighted by Gasteiger charge is 2.05. The summed E-state index contributed by atoms with van der Waals surface area (Å²) in [4.78, 5) is 15.5. The lowest BCUT2D eigenvalue weighted by molar-refractivity contribution is -0.120. The van der Waals surface area contributed by atoms with Crippen molar-refractivity contribution in [2.45, 2.75) is 39.8 Å². The molecule has 1 heterocycles. The van der Waals surface area contributed by atoms with Crippen LogP contribution in [0.25, 0.3) is 0 Å². The van der Waals surface area contributed by atoms with Crippen molar-refractivity contribution in [1.29, 1.82) is 0 Å². The van der Waals surface area contributed by atoms with Gasteiger partial charge >= 0.3 is 0 Å². The molecule has 0 aliphatic carbocycles. The van der Waals surface area contributed by atoms with Crippen LogP contribution in [0.3, 0.4) is 0 Å². The van der Waals surface area contributed by atoms with Crippen LogP contribution < -0.4 is 10.6 Å². The predicted molar refractivity (Wildman–Crippen MR) is 67.6 cm³/mol. The Kier molecular flexibility index (Phi) is 5.69. The summed E-state index contributed by atoms with van der Waals surface area (Å²) in [5.74, 6) is 0.0439. The van der Waals surface area contributed by atoms with Gasteiger partial charge in [0.1, 0.15) is 0 Å². The summed E-state index contributed by atoms with van der Waals surface area (Å²) in [6, 6.07) is 0.392. The number of carbonyl (C=O) groups is 1. The fraction of sp³-hybridized carbons (Fsp3) is 0.667. The maximum Gasteiger partial charge on any atom is 0.233 e. The van der Waals surface area contributed by atoms with Gasteiger partial charge in [0.25, 0.3) is 0 Å². The molecule has 0 radical (unpaired) electrons. The second-order valence-electron chi connectivity index (χ2n) is 4.34. The third-order valence-corrected chi connectivity index (χ3v) is 2.47. The summed E-state index contributed by atoms with van der Waals surface area (Å²) in [6.07, 6.45) is 4.61. The monoisotopic (exact) mass is 238 g/mol. The lowest BCUT2D eigenvalue weighted by Crippen LogP contribution is -2.34. The van der Waals surface area contributed by atoms with E-state index >= 15 is 0 Å². The highest BCUT2D eigenvalue weighted by atomic mass is 16.1. The van der Waals surface area contributed by atoms with E-state index in [1.54, 1.807) is 0 Å². The average molecular weight is 238 g/mol. The SMILES string of the molecule is CCCNC(=O)CNCc1cncn1C(C)C. The minimum atomic E-state index is 0.0439. The average Bonchev–Trinajstić information content (AvgIpc) is 2.74. The van der Waals surface area contributed by atoms with Crippen LogP contribution in [0.15, 0.2) is 12.5 Å². The maximum absolute atomic E-state index is 11.4. The van der Waals surface area contributed by atoms with Crippen LogP contribution in [0, 0.1) is 0 Å². The molecule has 5 heteroatoms. The van der Waals surface area contributed by atoms with Gasteiger partial charge in [0.2, 0.25) is 5.91 Å². The number of hydrogen-bond donors (Lipinski definition) is 2. The maximum atomic E-state index is 11.4. The minimum absolute atomic E-state index is 0.0439. The summed E-state index contributed by atoms with van der Waals surface area (Å²) in [6.45, 7) is 8.01. The summed E-state index contributed by atoms with van der Waals surface area (Å²) in [7, 11) is 0. The molecule has 0 aliphatic rings. The highest BCUT2D eigenvalue weighted by molar-refractivity contribution is 5.77. The molecule has 0 aliphatic heterocycles. The van der Waals surface area contributed by atoms with Crippen LogP contribution in [0.5, 0.6) is 0 Å². The molecule has 0 fully saturated rings.